The van der Waals surface area contributed by atoms with E-state index in [1.54, 1.807) is 0 Å². The van der Waals surface area contributed by atoms with Gasteiger partial charge in [-0.15, -0.1) is 6.58 Å². The lowest BCUT2D eigenvalue weighted by molar-refractivity contribution is 0.0109. The van der Waals surface area contributed by atoms with Crippen molar-refractivity contribution in [3.05, 3.63) is 47.3 Å². The Morgan fingerprint density at radius 1 is 1.11 bits per heavy atom. The standard InChI is InChI=1S/C24H32ClFO2/c1-2-3-4-5-17-6-8-18(9-7-17)19-10-13-21(14-11-19)28-24(27)20-12-15-23(26)22(25)16-20/h2,12,15-19,21H,1,3-11,13-14H2/t17-,18-,19-,21-. The number of hydrogen-bond acceptors (Lipinski definition) is 2. The molecule has 0 atom stereocenters. The topological polar surface area (TPSA) is 26.3 Å². The van der Waals surface area contributed by atoms with Crippen LogP contribution in [0.5, 0.6) is 0 Å². The Morgan fingerprint density at radius 3 is 2.36 bits per heavy atom. The van der Waals surface area contributed by atoms with Crippen LogP contribution in [0.2, 0.25) is 5.02 Å². The number of hydrogen-bond donors (Lipinski definition) is 0. The van der Waals surface area contributed by atoms with Gasteiger partial charge in [0.15, 0.2) is 0 Å². The van der Waals surface area contributed by atoms with Crippen LogP contribution in [0.1, 0.15) is 81.0 Å². The van der Waals surface area contributed by atoms with Crippen molar-refractivity contribution in [2.24, 2.45) is 17.8 Å². The molecule has 4 heteroatoms. The van der Waals surface area contributed by atoms with Gasteiger partial charge in [0.25, 0.3) is 0 Å². The Hall–Kier alpha value is -1.35. The monoisotopic (exact) mass is 406 g/mol. The highest BCUT2D eigenvalue weighted by Crippen LogP contribution is 2.41. The van der Waals surface area contributed by atoms with E-state index in [-0.39, 0.29) is 11.1 Å². The zero-order valence-corrected chi connectivity index (χ0v) is 17.4. The molecular weight excluding hydrogens is 375 g/mol. The van der Waals surface area contributed by atoms with Gasteiger partial charge in [0, 0.05) is 0 Å². The predicted octanol–water partition coefficient (Wildman–Crippen LogP) is 7.36. The molecule has 2 nitrogen and oxygen atoms in total. The number of unbranched alkanes of at least 4 members (excludes halogenated alkanes) is 1. The minimum atomic E-state index is -0.519. The van der Waals surface area contributed by atoms with Gasteiger partial charge >= 0.3 is 5.97 Å². The number of rotatable bonds is 7. The van der Waals surface area contributed by atoms with E-state index in [2.05, 4.69) is 6.58 Å². The summed E-state index contributed by atoms with van der Waals surface area (Å²) >= 11 is 5.76. The average molecular weight is 407 g/mol. The third kappa shape index (κ3) is 5.83. The molecule has 3 rings (SSSR count). The summed E-state index contributed by atoms with van der Waals surface area (Å²) in [5.41, 5.74) is 0.323. The molecule has 0 heterocycles. The third-order valence-electron chi connectivity index (χ3n) is 6.73. The minimum Gasteiger partial charge on any atom is -0.459 e. The van der Waals surface area contributed by atoms with Crippen LogP contribution in [0.25, 0.3) is 0 Å². The van der Waals surface area contributed by atoms with E-state index < -0.39 is 11.8 Å². The van der Waals surface area contributed by atoms with Crippen molar-refractivity contribution >= 4 is 17.6 Å². The number of carbonyl (C=O) groups excluding carboxylic acids is 1. The molecule has 0 spiro atoms. The fourth-order valence-electron chi connectivity index (χ4n) is 5.02. The quantitative estimate of drug-likeness (QED) is 0.268. The van der Waals surface area contributed by atoms with Crippen molar-refractivity contribution < 1.29 is 13.9 Å². The van der Waals surface area contributed by atoms with Crippen LogP contribution in [-0.4, -0.2) is 12.1 Å². The molecule has 0 aromatic heterocycles. The van der Waals surface area contributed by atoms with Gasteiger partial charge in [-0.3, -0.25) is 0 Å². The second kappa shape index (κ2) is 10.4. The van der Waals surface area contributed by atoms with Crippen LogP contribution in [0, 0.1) is 23.6 Å². The van der Waals surface area contributed by atoms with Crippen molar-refractivity contribution in [1.29, 1.82) is 0 Å². The molecule has 0 amide bonds. The zero-order chi connectivity index (χ0) is 19.9. The first kappa shape index (κ1) is 21.4. The second-order valence-corrected chi connectivity index (χ2v) is 8.98. The fraction of sp³-hybridized carbons (Fsp3) is 0.625. The number of esters is 1. The summed E-state index contributed by atoms with van der Waals surface area (Å²) in [4.78, 5) is 12.3. The van der Waals surface area contributed by atoms with Crippen molar-refractivity contribution in [2.75, 3.05) is 0 Å². The largest absolute Gasteiger partial charge is 0.459 e. The first-order valence-corrected chi connectivity index (χ1v) is 11.2. The summed E-state index contributed by atoms with van der Waals surface area (Å²) in [6.07, 6.45) is 15.4. The summed E-state index contributed by atoms with van der Waals surface area (Å²) in [5, 5.41) is -0.0433. The van der Waals surface area contributed by atoms with Crippen LogP contribution in [0.3, 0.4) is 0 Å². The SMILES string of the molecule is C=CCCC[C@H]1CC[C@H]([C@H]2CC[C@H](OC(=O)c3ccc(F)c(Cl)c3)CC2)CC1. The Balaban J connectivity index is 1.39. The van der Waals surface area contributed by atoms with Gasteiger partial charge in [-0.1, -0.05) is 36.9 Å². The summed E-state index contributed by atoms with van der Waals surface area (Å²) in [6.45, 7) is 3.81. The molecule has 1 aromatic rings. The normalized spacial score (nSPS) is 27.9. The Kier molecular flexibility index (Phi) is 7.96. The lowest BCUT2D eigenvalue weighted by Crippen LogP contribution is -2.29. The third-order valence-corrected chi connectivity index (χ3v) is 7.02. The lowest BCUT2D eigenvalue weighted by Gasteiger charge is -2.37. The molecular formula is C24H32ClFO2. The van der Waals surface area contributed by atoms with Gasteiger partial charge in [0.05, 0.1) is 10.6 Å². The van der Waals surface area contributed by atoms with Crippen molar-refractivity contribution in [2.45, 2.75) is 76.7 Å². The van der Waals surface area contributed by atoms with Crippen LogP contribution in [-0.2, 0) is 4.74 Å². The highest BCUT2D eigenvalue weighted by molar-refractivity contribution is 6.31. The molecule has 0 aliphatic heterocycles. The van der Waals surface area contributed by atoms with Crippen LogP contribution in [0.4, 0.5) is 4.39 Å². The van der Waals surface area contributed by atoms with Crippen LogP contribution >= 0.6 is 11.6 Å². The summed E-state index contributed by atoms with van der Waals surface area (Å²) in [7, 11) is 0. The summed E-state index contributed by atoms with van der Waals surface area (Å²) in [6, 6.07) is 3.99. The molecule has 2 aliphatic rings. The molecule has 28 heavy (non-hydrogen) atoms. The van der Waals surface area contributed by atoms with Crippen molar-refractivity contribution in [1.82, 2.24) is 0 Å². The molecule has 1 aromatic carbocycles. The highest BCUT2D eigenvalue weighted by atomic mass is 35.5. The average Bonchev–Trinajstić information content (AvgIpc) is 2.71. The highest BCUT2D eigenvalue weighted by Gasteiger charge is 2.32. The Labute approximate surface area is 173 Å². The number of ether oxygens (including phenoxy) is 1. The number of carbonyl (C=O) groups is 1. The lowest BCUT2D eigenvalue weighted by atomic mass is 9.70. The Morgan fingerprint density at radius 2 is 1.75 bits per heavy atom. The smallest absolute Gasteiger partial charge is 0.338 e. The van der Waals surface area contributed by atoms with E-state index in [9.17, 15) is 9.18 Å². The molecule has 2 aliphatic carbocycles. The minimum absolute atomic E-state index is 0.0252. The molecule has 0 unspecified atom stereocenters. The number of allylic oxidation sites excluding steroid dienone is 1. The molecule has 0 saturated heterocycles. The van der Waals surface area contributed by atoms with E-state index in [0.717, 1.165) is 49.9 Å². The summed E-state index contributed by atoms with van der Waals surface area (Å²) in [5.74, 6) is 1.63. The first-order chi connectivity index (χ1) is 13.6. The summed E-state index contributed by atoms with van der Waals surface area (Å²) < 4.78 is 18.9. The van der Waals surface area contributed by atoms with Gasteiger partial charge in [0.1, 0.15) is 11.9 Å². The van der Waals surface area contributed by atoms with Gasteiger partial charge in [0.2, 0.25) is 0 Å². The van der Waals surface area contributed by atoms with Crippen LogP contribution < -0.4 is 0 Å². The van der Waals surface area contributed by atoms with Gasteiger partial charge in [-0.2, -0.15) is 0 Å². The van der Waals surface area contributed by atoms with Crippen molar-refractivity contribution in [3.8, 4) is 0 Å². The molecule has 0 bridgehead atoms. The maximum absolute atomic E-state index is 13.3. The van der Waals surface area contributed by atoms with E-state index >= 15 is 0 Å². The fourth-order valence-corrected chi connectivity index (χ4v) is 5.20. The first-order valence-electron chi connectivity index (χ1n) is 10.8. The number of halogens is 2. The van der Waals surface area contributed by atoms with Gasteiger partial charge in [-0.05, 0) is 87.3 Å². The molecule has 154 valence electrons. The van der Waals surface area contributed by atoms with Gasteiger partial charge < -0.3 is 4.74 Å². The maximum Gasteiger partial charge on any atom is 0.338 e. The van der Waals surface area contributed by atoms with E-state index in [1.807, 2.05) is 6.08 Å². The van der Waals surface area contributed by atoms with E-state index in [0.29, 0.717) is 5.56 Å². The van der Waals surface area contributed by atoms with E-state index in [4.69, 9.17) is 16.3 Å². The molecule has 0 N–H and O–H groups in total. The van der Waals surface area contributed by atoms with E-state index in [1.165, 1.54) is 56.7 Å². The molecule has 0 radical (unpaired) electrons. The predicted molar refractivity (Wildman–Crippen MR) is 112 cm³/mol. The Bertz CT molecular complexity index is 659. The second-order valence-electron chi connectivity index (χ2n) is 8.57. The number of benzene rings is 1. The molecule has 2 saturated carbocycles. The van der Waals surface area contributed by atoms with Crippen molar-refractivity contribution in [3.63, 3.8) is 0 Å². The molecule has 2 fully saturated rings. The zero-order valence-electron chi connectivity index (χ0n) is 16.7. The maximum atomic E-state index is 13.3. The van der Waals surface area contributed by atoms with Crippen LogP contribution in [0.15, 0.2) is 30.9 Å². The van der Waals surface area contributed by atoms with Gasteiger partial charge in [-0.25, -0.2) is 9.18 Å².